The predicted octanol–water partition coefficient (Wildman–Crippen LogP) is 2.29. The third-order valence-electron chi connectivity index (χ3n) is 3.49. The highest BCUT2D eigenvalue weighted by Crippen LogP contribution is 2.19. The van der Waals surface area contributed by atoms with Crippen LogP contribution in [0.2, 0.25) is 0 Å². The minimum Gasteiger partial charge on any atom is -0.212 e. The zero-order valence-corrected chi connectivity index (χ0v) is 11.7. The van der Waals surface area contributed by atoms with Gasteiger partial charge in [0.15, 0.2) is 0 Å². The summed E-state index contributed by atoms with van der Waals surface area (Å²) in [7, 11) is -3.03. The van der Waals surface area contributed by atoms with Crippen LogP contribution < -0.4 is 0 Å². The minimum absolute atomic E-state index is 0.272. The van der Waals surface area contributed by atoms with Gasteiger partial charge in [-0.05, 0) is 30.7 Å². The number of rotatable bonds is 5. The molecule has 4 heteroatoms. The number of benzene rings is 1. The molecule has 0 aromatic heterocycles. The highest BCUT2D eigenvalue weighted by atomic mass is 32.2. The Kier molecular flexibility index (Phi) is 4.40. The molecule has 2 rings (SSSR count). The summed E-state index contributed by atoms with van der Waals surface area (Å²) in [5, 5.41) is 0. The van der Waals surface area contributed by atoms with Gasteiger partial charge in [-0.15, -0.1) is 0 Å². The first kappa shape index (κ1) is 13.6. The summed E-state index contributed by atoms with van der Waals surface area (Å²) in [6, 6.07) is 10.1. The van der Waals surface area contributed by atoms with E-state index < -0.39 is 10.0 Å². The van der Waals surface area contributed by atoms with Crippen LogP contribution in [0.1, 0.15) is 25.3 Å². The number of sulfonamides is 1. The lowest BCUT2D eigenvalue weighted by Gasteiger charge is -2.15. The van der Waals surface area contributed by atoms with Crippen LogP contribution in [0.4, 0.5) is 0 Å². The summed E-state index contributed by atoms with van der Waals surface area (Å²) in [6.07, 6.45) is 2.54. The molecule has 1 saturated heterocycles. The zero-order valence-electron chi connectivity index (χ0n) is 10.9. The van der Waals surface area contributed by atoms with E-state index in [0.717, 1.165) is 12.8 Å². The second-order valence-electron chi connectivity index (χ2n) is 5.16. The molecule has 0 spiro atoms. The molecule has 1 unspecified atom stereocenters. The second kappa shape index (κ2) is 5.85. The molecule has 1 aromatic carbocycles. The molecule has 1 aliphatic heterocycles. The Balaban J connectivity index is 1.82. The van der Waals surface area contributed by atoms with Crippen LogP contribution in [0.3, 0.4) is 0 Å². The van der Waals surface area contributed by atoms with Gasteiger partial charge >= 0.3 is 0 Å². The minimum atomic E-state index is -3.03. The molecule has 0 bridgehead atoms. The molecule has 3 nitrogen and oxygen atoms in total. The maximum atomic E-state index is 12.1. The van der Waals surface area contributed by atoms with Gasteiger partial charge in [-0.2, -0.15) is 0 Å². The fourth-order valence-electron chi connectivity index (χ4n) is 2.38. The fraction of sp³-hybridized carbons (Fsp3) is 0.571. The van der Waals surface area contributed by atoms with Crippen LogP contribution in [0.25, 0.3) is 0 Å². The molecule has 18 heavy (non-hydrogen) atoms. The van der Waals surface area contributed by atoms with Gasteiger partial charge in [-0.25, -0.2) is 12.7 Å². The monoisotopic (exact) mass is 267 g/mol. The Bertz CT molecular complexity index is 470. The maximum absolute atomic E-state index is 12.1. The molecule has 0 aliphatic carbocycles. The van der Waals surface area contributed by atoms with Gasteiger partial charge in [0.1, 0.15) is 0 Å². The van der Waals surface area contributed by atoms with Crippen molar-refractivity contribution in [2.75, 3.05) is 18.8 Å². The molecule has 0 saturated carbocycles. The van der Waals surface area contributed by atoms with Crippen LogP contribution >= 0.6 is 0 Å². The quantitative estimate of drug-likeness (QED) is 0.821. The van der Waals surface area contributed by atoms with Crippen LogP contribution in [0.5, 0.6) is 0 Å². The molecule has 1 aliphatic rings. The van der Waals surface area contributed by atoms with Gasteiger partial charge in [0.05, 0.1) is 5.75 Å². The molecular formula is C14H21NO2S. The molecule has 1 fully saturated rings. The Morgan fingerprint density at radius 2 is 2.00 bits per heavy atom. The Hall–Kier alpha value is -0.870. The summed E-state index contributed by atoms with van der Waals surface area (Å²) < 4.78 is 25.8. The van der Waals surface area contributed by atoms with Crippen molar-refractivity contribution in [1.82, 2.24) is 4.31 Å². The van der Waals surface area contributed by atoms with Gasteiger partial charge in [-0.1, -0.05) is 37.3 Å². The predicted molar refractivity (Wildman–Crippen MR) is 73.9 cm³/mol. The van der Waals surface area contributed by atoms with Gasteiger partial charge in [0, 0.05) is 13.1 Å². The van der Waals surface area contributed by atoms with Crippen LogP contribution in [0, 0.1) is 5.92 Å². The van der Waals surface area contributed by atoms with Crippen molar-refractivity contribution in [3.63, 3.8) is 0 Å². The average Bonchev–Trinajstić information content (AvgIpc) is 2.78. The van der Waals surface area contributed by atoms with E-state index in [9.17, 15) is 8.42 Å². The Morgan fingerprint density at radius 1 is 1.28 bits per heavy atom. The van der Waals surface area contributed by atoms with Crippen molar-refractivity contribution in [3.8, 4) is 0 Å². The van der Waals surface area contributed by atoms with Gasteiger partial charge in [0.25, 0.3) is 0 Å². The number of aryl methyl sites for hydroxylation is 1. The molecule has 100 valence electrons. The number of nitrogens with zero attached hydrogens (tertiary/aromatic N) is 1. The smallest absolute Gasteiger partial charge is 0.212 e. The molecule has 0 N–H and O–H groups in total. The van der Waals surface area contributed by atoms with E-state index in [-0.39, 0.29) is 5.75 Å². The second-order valence-corrected chi connectivity index (χ2v) is 7.25. The normalized spacial score (nSPS) is 21.3. The van der Waals surface area contributed by atoms with Crippen LogP contribution in [0.15, 0.2) is 30.3 Å². The van der Waals surface area contributed by atoms with E-state index in [1.165, 1.54) is 5.56 Å². The van der Waals surface area contributed by atoms with Crippen molar-refractivity contribution >= 4 is 10.0 Å². The topological polar surface area (TPSA) is 37.4 Å². The molecule has 0 radical (unpaired) electrons. The van der Waals surface area contributed by atoms with Crippen molar-refractivity contribution in [1.29, 1.82) is 0 Å². The number of hydrogen-bond donors (Lipinski definition) is 0. The summed E-state index contributed by atoms with van der Waals surface area (Å²) in [5.41, 5.74) is 1.21. The van der Waals surface area contributed by atoms with E-state index in [2.05, 4.69) is 6.92 Å². The lowest BCUT2D eigenvalue weighted by atomic mass is 10.1. The van der Waals surface area contributed by atoms with E-state index in [0.29, 0.717) is 25.4 Å². The zero-order chi connectivity index (χ0) is 13.0. The number of hydrogen-bond acceptors (Lipinski definition) is 2. The average molecular weight is 267 g/mol. The first-order chi connectivity index (χ1) is 8.58. The summed E-state index contributed by atoms with van der Waals surface area (Å²) in [4.78, 5) is 0. The molecule has 1 aromatic rings. The molecule has 1 atom stereocenters. The van der Waals surface area contributed by atoms with E-state index in [1.54, 1.807) is 4.31 Å². The lowest BCUT2D eigenvalue weighted by molar-refractivity contribution is 0.463. The van der Waals surface area contributed by atoms with Crippen molar-refractivity contribution in [2.45, 2.75) is 26.2 Å². The lowest BCUT2D eigenvalue weighted by Crippen LogP contribution is -2.31. The third kappa shape index (κ3) is 3.56. The van der Waals surface area contributed by atoms with E-state index in [4.69, 9.17) is 0 Å². The summed E-state index contributed by atoms with van der Waals surface area (Å²) >= 11 is 0. The fourth-order valence-corrected chi connectivity index (χ4v) is 4.01. The van der Waals surface area contributed by atoms with Crippen molar-refractivity contribution in [3.05, 3.63) is 35.9 Å². The Labute approximate surface area is 110 Å². The van der Waals surface area contributed by atoms with Crippen LogP contribution in [-0.2, 0) is 16.4 Å². The van der Waals surface area contributed by atoms with Crippen molar-refractivity contribution < 1.29 is 8.42 Å². The van der Waals surface area contributed by atoms with Gasteiger partial charge < -0.3 is 0 Å². The highest BCUT2D eigenvalue weighted by molar-refractivity contribution is 7.89. The third-order valence-corrected chi connectivity index (χ3v) is 5.41. The maximum Gasteiger partial charge on any atom is 0.214 e. The SMILES string of the molecule is CC1CCN(S(=O)(=O)CCCc2ccccc2)C1. The van der Waals surface area contributed by atoms with E-state index >= 15 is 0 Å². The van der Waals surface area contributed by atoms with Crippen molar-refractivity contribution in [2.24, 2.45) is 5.92 Å². The molecular weight excluding hydrogens is 246 g/mol. The largest absolute Gasteiger partial charge is 0.214 e. The van der Waals surface area contributed by atoms with Crippen LogP contribution in [-0.4, -0.2) is 31.6 Å². The van der Waals surface area contributed by atoms with Gasteiger partial charge in [-0.3, -0.25) is 0 Å². The van der Waals surface area contributed by atoms with Gasteiger partial charge in [0.2, 0.25) is 10.0 Å². The summed E-state index contributed by atoms with van der Waals surface area (Å²) in [6.45, 7) is 3.52. The summed E-state index contributed by atoms with van der Waals surface area (Å²) in [5.74, 6) is 0.781. The van der Waals surface area contributed by atoms with E-state index in [1.807, 2.05) is 30.3 Å². The highest BCUT2D eigenvalue weighted by Gasteiger charge is 2.28. The molecule has 1 heterocycles. The first-order valence-electron chi connectivity index (χ1n) is 6.60. The standard InChI is InChI=1S/C14H21NO2S/c1-13-9-10-15(12-13)18(16,17)11-5-8-14-6-3-2-4-7-14/h2-4,6-7,13H,5,8-12H2,1H3. The molecule has 0 amide bonds. The Morgan fingerprint density at radius 3 is 2.61 bits per heavy atom. The first-order valence-corrected chi connectivity index (χ1v) is 8.20.